The third kappa shape index (κ3) is 4.71. The molecule has 0 aliphatic heterocycles. The number of hydrogen-bond donors (Lipinski definition) is 3. The minimum absolute atomic E-state index is 0.123. The normalized spacial score (nSPS) is 13.5. The van der Waals surface area contributed by atoms with Crippen molar-refractivity contribution >= 4 is 17.5 Å². The molecule has 0 spiro atoms. The molecule has 5 heteroatoms. The van der Waals surface area contributed by atoms with Crippen LogP contribution in [-0.4, -0.2) is 17.9 Å². The van der Waals surface area contributed by atoms with Gasteiger partial charge in [-0.25, -0.2) is 0 Å². The van der Waals surface area contributed by atoms with Crippen molar-refractivity contribution in [1.82, 2.24) is 5.32 Å². The van der Waals surface area contributed by atoms with Gasteiger partial charge in [-0.2, -0.15) is 0 Å². The largest absolute Gasteiger partial charge is 0.348 e. The highest BCUT2D eigenvalue weighted by molar-refractivity contribution is 5.88. The fraction of sp³-hybridized carbons (Fsp3) is 0.429. The highest BCUT2D eigenvalue weighted by Crippen LogP contribution is 2.17. The molecule has 1 aromatic carbocycles. The Hall–Kier alpha value is -1.88. The number of anilines is 1. The van der Waals surface area contributed by atoms with Crippen LogP contribution in [0.4, 0.5) is 5.69 Å². The third-order valence-corrected chi connectivity index (χ3v) is 2.84. The molecule has 0 saturated carbocycles. The van der Waals surface area contributed by atoms with Crippen molar-refractivity contribution in [2.75, 3.05) is 5.32 Å². The Morgan fingerprint density at radius 2 is 2.05 bits per heavy atom. The molecule has 0 aliphatic rings. The van der Waals surface area contributed by atoms with E-state index >= 15 is 0 Å². The molecular weight excluding hydrogens is 242 g/mol. The van der Waals surface area contributed by atoms with Gasteiger partial charge in [-0.3, -0.25) is 9.59 Å². The average Bonchev–Trinajstić information content (AvgIpc) is 2.37. The van der Waals surface area contributed by atoms with Gasteiger partial charge in [-0.05, 0) is 31.0 Å². The Balaban J connectivity index is 2.74. The van der Waals surface area contributed by atoms with Crippen LogP contribution in [0, 0.1) is 0 Å². The lowest BCUT2D eigenvalue weighted by atomic mass is 10.1. The Kier molecular flexibility index (Phi) is 5.51. The number of amides is 2. The molecule has 0 bridgehead atoms. The summed E-state index contributed by atoms with van der Waals surface area (Å²) in [5.41, 5.74) is 7.30. The Morgan fingerprint density at radius 1 is 1.37 bits per heavy atom. The summed E-state index contributed by atoms with van der Waals surface area (Å²) in [7, 11) is 0. The van der Waals surface area contributed by atoms with Crippen LogP contribution in [0.5, 0.6) is 0 Å². The molecule has 0 aromatic heterocycles. The van der Waals surface area contributed by atoms with E-state index < -0.39 is 6.04 Å². The lowest BCUT2D eigenvalue weighted by Crippen LogP contribution is -2.41. The van der Waals surface area contributed by atoms with Gasteiger partial charge >= 0.3 is 0 Å². The van der Waals surface area contributed by atoms with Gasteiger partial charge in [-0.1, -0.05) is 19.1 Å². The summed E-state index contributed by atoms with van der Waals surface area (Å²) >= 11 is 0. The Morgan fingerprint density at radius 3 is 2.63 bits per heavy atom. The highest BCUT2D eigenvalue weighted by Gasteiger charge is 2.15. The van der Waals surface area contributed by atoms with Crippen molar-refractivity contribution < 1.29 is 9.59 Å². The first-order valence-electron chi connectivity index (χ1n) is 6.37. The Bertz CT molecular complexity index is 460. The molecule has 0 saturated heterocycles. The van der Waals surface area contributed by atoms with Crippen LogP contribution in [0.3, 0.4) is 0 Å². The van der Waals surface area contributed by atoms with E-state index in [0.717, 1.165) is 5.56 Å². The molecule has 2 amide bonds. The van der Waals surface area contributed by atoms with E-state index in [1.165, 1.54) is 6.92 Å². The SMILES string of the molecule is CC[C@@H](N)C(=O)NC(C)c1cccc(NC(C)=O)c1. The van der Waals surface area contributed by atoms with Gasteiger partial charge in [0.1, 0.15) is 0 Å². The first kappa shape index (κ1) is 15.2. The molecule has 1 aromatic rings. The summed E-state index contributed by atoms with van der Waals surface area (Å²) in [6.07, 6.45) is 0.602. The zero-order valence-corrected chi connectivity index (χ0v) is 11.6. The summed E-state index contributed by atoms with van der Waals surface area (Å²) in [6.45, 7) is 5.21. The van der Waals surface area contributed by atoms with Crippen molar-refractivity contribution in [1.29, 1.82) is 0 Å². The first-order valence-corrected chi connectivity index (χ1v) is 6.37. The average molecular weight is 263 g/mol. The highest BCUT2D eigenvalue weighted by atomic mass is 16.2. The molecule has 19 heavy (non-hydrogen) atoms. The molecule has 0 aliphatic carbocycles. The fourth-order valence-corrected chi connectivity index (χ4v) is 1.68. The molecule has 104 valence electrons. The lowest BCUT2D eigenvalue weighted by Gasteiger charge is -2.17. The van der Waals surface area contributed by atoms with Crippen LogP contribution in [0.15, 0.2) is 24.3 Å². The smallest absolute Gasteiger partial charge is 0.237 e. The predicted octanol–water partition coefficient (Wildman–Crippen LogP) is 1.56. The second-order valence-corrected chi connectivity index (χ2v) is 4.55. The number of benzene rings is 1. The maximum atomic E-state index is 11.7. The van der Waals surface area contributed by atoms with Gasteiger partial charge in [0, 0.05) is 12.6 Å². The topological polar surface area (TPSA) is 84.2 Å². The van der Waals surface area contributed by atoms with Gasteiger partial charge in [0.05, 0.1) is 12.1 Å². The maximum Gasteiger partial charge on any atom is 0.237 e. The van der Waals surface area contributed by atoms with Crippen LogP contribution >= 0.6 is 0 Å². The standard InChI is InChI=1S/C14H21N3O2/c1-4-13(15)14(19)16-9(2)11-6-5-7-12(8-11)17-10(3)18/h5-9,13H,4,15H2,1-3H3,(H,16,19)(H,17,18)/t9?,13-/m1/s1. The molecule has 1 unspecified atom stereocenters. The number of rotatable bonds is 5. The molecule has 0 heterocycles. The third-order valence-electron chi connectivity index (χ3n) is 2.84. The van der Waals surface area contributed by atoms with Crippen LogP contribution < -0.4 is 16.4 Å². The predicted molar refractivity (Wildman–Crippen MR) is 75.6 cm³/mol. The van der Waals surface area contributed by atoms with Crippen LogP contribution in [0.25, 0.3) is 0 Å². The van der Waals surface area contributed by atoms with Crippen molar-refractivity contribution in [3.8, 4) is 0 Å². The lowest BCUT2D eigenvalue weighted by molar-refractivity contribution is -0.123. The summed E-state index contributed by atoms with van der Waals surface area (Å²) in [4.78, 5) is 22.7. The van der Waals surface area contributed by atoms with Gasteiger partial charge in [-0.15, -0.1) is 0 Å². The number of carbonyl (C=O) groups is 2. The molecule has 0 radical (unpaired) electrons. The Labute approximate surface area is 113 Å². The molecule has 0 fully saturated rings. The van der Waals surface area contributed by atoms with Crippen molar-refractivity contribution in [3.63, 3.8) is 0 Å². The number of nitrogens with two attached hydrogens (primary N) is 1. The van der Waals surface area contributed by atoms with Crippen molar-refractivity contribution in [2.45, 2.75) is 39.3 Å². The minimum atomic E-state index is -0.485. The summed E-state index contributed by atoms with van der Waals surface area (Å²) in [5, 5.41) is 5.56. The van der Waals surface area contributed by atoms with E-state index in [4.69, 9.17) is 5.73 Å². The van der Waals surface area contributed by atoms with E-state index in [0.29, 0.717) is 12.1 Å². The number of nitrogens with one attached hydrogen (secondary N) is 2. The molecule has 2 atom stereocenters. The zero-order valence-electron chi connectivity index (χ0n) is 11.6. The van der Waals surface area contributed by atoms with Crippen molar-refractivity contribution in [3.05, 3.63) is 29.8 Å². The number of carbonyl (C=O) groups excluding carboxylic acids is 2. The van der Waals surface area contributed by atoms with Crippen molar-refractivity contribution in [2.24, 2.45) is 5.73 Å². The molecular formula is C14H21N3O2. The molecule has 5 nitrogen and oxygen atoms in total. The van der Waals surface area contributed by atoms with Gasteiger partial charge in [0.15, 0.2) is 0 Å². The van der Waals surface area contributed by atoms with Crippen LogP contribution in [0.2, 0.25) is 0 Å². The van der Waals surface area contributed by atoms with Gasteiger partial charge in [0.2, 0.25) is 11.8 Å². The monoisotopic (exact) mass is 263 g/mol. The minimum Gasteiger partial charge on any atom is -0.348 e. The van der Waals surface area contributed by atoms with E-state index in [2.05, 4.69) is 10.6 Å². The van der Waals surface area contributed by atoms with E-state index in [1.54, 1.807) is 6.07 Å². The van der Waals surface area contributed by atoms with E-state index in [1.807, 2.05) is 32.0 Å². The second-order valence-electron chi connectivity index (χ2n) is 4.55. The van der Waals surface area contributed by atoms with E-state index in [-0.39, 0.29) is 17.9 Å². The summed E-state index contributed by atoms with van der Waals surface area (Å²) < 4.78 is 0. The summed E-state index contributed by atoms with van der Waals surface area (Å²) in [5.74, 6) is -0.290. The number of hydrogen-bond acceptors (Lipinski definition) is 3. The molecule has 1 rings (SSSR count). The van der Waals surface area contributed by atoms with E-state index in [9.17, 15) is 9.59 Å². The quantitative estimate of drug-likeness (QED) is 0.753. The van der Waals surface area contributed by atoms with Crippen LogP contribution in [-0.2, 0) is 9.59 Å². The fourth-order valence-electron chi connectivity index (χ4n) is 1.68. The zero-order chi connectivity index (χ0) is 14.4. The first-order chi connectivity index (χ1) is 8.93. The summed E-state index contributed by atoms with van der Waals surface area (Å²) in [6, 6.07) is 6.73. The molecule has 4 N–H and O–H groups in total. The maximum absolute atomic E-state index is 11.7. The second kappa shape index (κ2) is 6.89. The van der Waals surface area contributed by atoms with Gasteiger partial charge < -0.3 is 16.4 Å². The van der Waals surface area contributed by atoms with Crippen LogP contribution in [0.1, 0.15) is 38.8 Å². The van der Waals surface area contributed by atoms with Gasteiger partial charge in [0.25, 0.3) is 0 Å².